The number of rotatable bonds is 7. The molecule has 3 heterocycles. The van der Waals surface area contributed by atoms with Crippen LogP contribution in [0.3, 0.4) is 0 Å². The maximum absolute atomic E-state index is 13.0. The van der Waals surface area contributed by atoms with Crippen molar-refractivity contribution in [2.45, 2.75) is 88.9 Å². The van der Waals surface area contributed by atoms with Crippen LogP contribution < -0.4 is 0 Å². The molecule has 3 saturated heterocycles. The lowest BCUT2D eigenvalue weighted by molar-refractivity contribution is -0.118. The molecule has 2 N–H and O–H groups in total. The summed E-state index contributed by atoms with van der Waals surface area (Å²) in [6.07, 6.45) is 2.81. The van der Waals surface area contributed by atoms with Gasteiger partial charge in [0.15, 0.2) is 5.78 Å². The van der Waals surface area contributed by atoms with Gasteiger partial charge >= 0.3 is 0 Å². The minimum atomic E-state index is -0.988. The van der Waals surface area contributed by atoms with Crippen molar-refractivity contribution in [3.63, 3.8) is 0 Å². The molecule has 0 aromatic carbocycles. The molecule has 0 aromatic rings. The normalized spacial score (nSPS) is 43.2. The Kier molecular flexibility index (Phi) is 7.53. The van der Waals surface area contributed by atoms with Gasteiger partial charge in [-0.1, -0.05) is 10.7 Å². The first kappa shape index (κ1) is 23.4. The molecule has 0 spiro atoms. The van der Waals surface area contributed by atoms with E-state index in [2.05, 4.69) is 5.18 Å². The van der Waals surface area contributed by atoms with Gasteiger partial charge in [-0.05, 0) is 63.2 Å². The smallest absolute Gasteiger partial charge is 0.162 e. The van der Waals surface area contributed by atoms with Gasteiger partial charge in [0.25, 0.3) is 0 Å². The standard InChI is InChI=1S/C23H35NO6S/c1-12(16-8-14-4-3-5-31-11-17(14)22(16)26)6-20-23(27)21(24-28)15(10-29-20)9-19-18(30-19)7-13(2)25/h13-15,17-21,23,25,27H,3-11H2,1-2H3/b16-12+/t13-,14?,15-,17?,18-,19-,20-,21+,23-/m0/s1. The first-order valence-electron chi connectivity index (χ1n) is 11.6. The Bertz CT molecular complexity index is 712. The molecular weight excluding hydrogens is 418 g/mol. The van der Waals surface area contributed by atoms with E-state index in [1.807, 2.05) is 18.7 Å². The van der Waals surface area contributed by atoms with Gasteiger partial charge in [-0.3, -0.25) is 4.79 Å². The lowest BCUT2D eigenvalue weighted by Crippen LogP contribution is -2.49. The van der Waals surface area contributed by atoms with Crippen molar-refractivity contribution in [1.29, 1.82) is 0 Å². The Hall–Kier alpha value is -0.800. The van der Waals surface area contributed by atoms with Crippen molar-refractivity contribution < 1.29 is 24.5 Å². The predicted molar refractivity (Wildman–Crippen MR) is 119 cm³/mol. The van der Waals surface area contributed by atoms with Gasteiger partial charge in [-0.25, -0.2) is 0 Å². The molecule has 1 saturated carbocycles. The fourth-order valence-electron chi connectivity index (χ4n) is 5.63. The van der Waals surface area contributed by atoms with Crippen molar-refractivity contribution in [3.8, 4) is 0 Å². The van der Waals surface area contributed by atoms with Crippen molar-refractivity contribution in [3.05, 3.63) is 16.1 Å². The molecule has 174 valence electrons. The van der Waals surface area contributed by atoms with Gasteiger partial charge < -0.3 is 19.7 Å². The summed E-state index contributed by atoms with van der Waals surface area (Å²) in [4.78, 5) is 24.6. The number of epoxide rings is 1. The molecule has 0 amide bonds. The third-order valence-electron chi connectivity index (χ3n) is 7.51. The SMILES string of the molecule is C/C(C[C@@H]1OC[C@H](C[C@@H]2O[C@H]2C[C@H](C)O)[C@@H](N=O)[C@H]1O)=C1/CC2CCCSCC2C1=O. The molecule has 4 rings (SSSR count). The number of allylic oxidation sites excluding steroid dienone is 1. The highest BCUT2D eigenvalue weighted by Crippen LogP contribution is 2.43. The summed E-state index contributed by atoms with van der Waals surface area (Å²) in [7, 11) is 0. The van der Waals surface area contributed by atoms with Crippen LogP contribution in [0.25, 0.3) is 0 Å². The van der Waals surface area contributed by atoms with Crippen LogP contribution in [0.5, 0.6) is 0 Å². The fraction of sp³-hybridized carbons (Fsp3) is 0.870. The number of ketones is 1. The Labute approximate surface area is 188 Å². The molecule has 4 fully saturated rings. The molecule has 2 unspecified atom stereocenters. The predicted octanol–water partition coefficient (Wildman–Crippen LogP) is 2.86. The van der Waals surface area contributed by atoms with E-state index in [4.69, 9.17) is 9.47 Å². The van der Waals surface area contributed by atoms with Gasteiger partial charge in [-0.2, -0.15) is 16.7 Å². The zero-order chi connectivity index (χ0) is 22.1. The lowest BCUT2D eigenvalue weighted by atomic mass is 9.84. The van der Waals surface area contributed by atoms with Gasteiger partial charge in [0.05, 0.1) is 31.0 Å². The second-order valence-corrected chi connectivity index (χ2v) is 11.0. The number of nitrogens with zero attached hydrogens (tertiary/aromatic N) is 1. The van der Waals surface area contributed by atoms with Gasteiger partial charge in [-0.15, -0.1) is 0 Å². The summed E-state index contributed by atoms with van der Waals surface area (Å²) in [5.74, 6) is 2.73. The van der Waals surface area contributed by atoms with Crippen molar-refractivity contribution in [1.82, 2.24) is 0 Å². The number of ether oxygens (including phenoxy) is 2. The van der Waals surface area contributed by atoms with E-state index < -0.39 is 24.4 Å². The molecule has 4 aliphatic rings. The Morgan fingerprint density at radius 3 is 2.87 bits per heavy atom. The van der Waals surface area contributed by atoms with Crippen LogP contribution in [0.15, 0.2) is 16.3 Å². The van der Waals surface area contributed by atoms with Crippen LogP contribution in [-0.4, -0.2) is 70.7 Å². The fourth-order valence-corrected chi connectivity index (χ4v) is 6.85. The number of carbonyl (C=O) groups excluding carboxylic acids is 1. The minimum absolute atomic E-state index is 0.00780. The third kappa shape index (κ3) is 5.24. The highest BCUT2D eigenvalue weighted by Gasteiger charge is 2.47. The largest absolute Gasteiger partial charge is 0.393 e. The topological polar surface area (TPSA) is 109 Å². The number of fused-ring (bicyclic) bond motifs is 1. The van der Waals surface area contributed by atoms with E-state index in [0.29, 0.717) is 31.8 Å². The molecule has 3 aliphatic heterocycles. The van der Waals surface area contributed by atoms with E-state index in [0.717, 1.165) is 35.5 Å². The summed E-state index contributed by atoms with van der Waals surface area (Å²) in [6.45, 7) is 4.04. The van der Waals surface area contributed by atoms with Crippen LogP contribution in [-0.2, 0) is 14.3 Å². The zero-order valence-corrected chi connectivity index (χ0v) is 19.3. The number of Topliss-reactive ketones (excluding diaryl/α,β-unsaturated/α-hetero) is 1. The highest BCUT2D eigenvalue weighted by molar-refractivity contribution is 7.99. The number of hydrogen-bond acceptors (Lipinski definition) is 8. The number of hydrogen-bond donors (Lipinski definition) is 2. The number of aliphatic hydroxyl groups excluding tert-OH is 2. The van der Waals surface area contributed by atoms with Gasteiger partial charge in [0, 0.05) is 24.0 Å². The van der Waals surface area contributed by atoms with Crippen LogP contribution in [0.1, 0.15) is 52.4 Å². The molecule has 0 aromatic heterocycles. The molecule has 1 aliphatic carbocycles. The Balaban J connectivity index is 1.36. The Morgan fingerprint density at radius 2 is 2.13 bits per heavy atom. The number of carbonyl (C=O) groups is 1. The van der Waals surface area contributed by atoms with Gasteiger partial charge in [0.2, 0.25) is 0 Å². The molecule has 31 heavy (non-hydrogen) atoms. The molecule has 0 bridgehead atoms. The van der Waals surface area contributed by atoms with Gasteiger partial charge in [0.1, 0.15) is 12.1 Å². The van der Waals surface area contributed by atoms with Crippen molar-refractivity contribution >= 4 is 17.5 Å². The molecule has 8 heteroatoms. The maximum atomic E-state index is 13.0. The number of nitroso groups, excluding NO2 is 1. The van der Waals surface area contributed by atoms with Crippen molar-refractivity contribution in [2.75, 3.05) is 18.1 Å². The van der Waals surface area contributed by atoms with E-state index in [1.54, 1.807) is 6.92 Å². The number of aliphatic hydroxyl groups is 2. The van der Waals surface area contributed by atoms with E-state index in [9.17, 15) is 19.9 Å². The third-order valence-corrected chi connectivity index (χ3v) is 8.68. The first-order chi connectivity index (χ1) is 14.9. The Morgan fingerprint density at radius 1 is 1.32 bits per heavy atom. The van der Waals surface area contributed by atoms with E-state index >= 15 is 0 Å². The highest BCUT2D eigenvalue weighted by atomic mass is 32.2. The van der Waals surface area contributed by atoms with Crippen LogP contribution >= 0.6 is 11.8 Å². The summed E-state index contributed by atoms with van der Waals surface area (Å²) in [6, 6.07) is -0.741. The van der Waals surface area contributed by atoms with E-state index in [-0.39, 0.29) is 29.8 Å². The average Bonchev–Trinajstić information content (AvgIpc) is 3.43. The average molecular weight is 454 g/mol. The first-order valence-corrected chi connectivity index (χ1v) is 12.8. The van der Waals surface area contributed by atoms with Crippen LogP contribution in [0, 0.1) is 22.7 Å². The number of thioether (sulfide) groups is 1. The zero-order valence-electron chi connectivity index (χ0n) is 18.4. The lowest BCUT2D eigenvalue weighted by Gasteiger charge is -2.37. The maximum Gasteiger partial charge on any atom is 0.162 e. The second-order valence-electron chi connectivity index (χ2n) is 9.87. The summed E-state index contributed by atoms with van der Waals surface area (Å²) in [5.41, 5.74) is 1.90. The van der Waals surface area contributed by atoms with Crippen LogP contribution in [0.4, 0.5) is 0 Å². The minimum Gasteiger partial charge on any atom is -0.393 e. The summed E-state index contributed by atoms with van der Waals surface area (Å²) >= 11 is 1.88. The summed E-state index contributed by atoms with van der Waals surface area (Å²) in [5, 5.41) is 23.6. The second kappa shape index (κ2) is 10.00. The van der Waals surface area contributed by atoms with Crippen LogP contribution in [0.2, 0.25) is 0 Å². The molecule has 7 nitrogen and oxygen atoms in total. The quantitative estimate of drug-likeness (QED) is 0.347. The van der Waals surface area contributed by atoms with E-state index in [1.165, 1.54) is 6.42 Å². The summed E-state index contributed by atoms with van der Waals surface area (Å²) < 4.78 is 11.6. The molecule has 0 radical (unpaired) electrons. The van der Waals surface area contributed by atoms with Crippen molar-refractivity contribution in [2.24, 2.45) is 22.9 Å². The molecule has 9 atom stereocenters. The monoisotopic (exact) mass is 453 g/mol. The molecular formula is C23H35NO6S.